The summed E-state index contributed by atoms with van der Waals surface area (Å²) in [7, 11) is 1.36. The van der Waals surface area contributed by atoms with Crippen LogP contribution < -0.4 is 10.6 Å². The minimum absolute atomic E-state index is 0.00114. The number of halogens is 5. The zero-order valence-electron chi connectivity index (χ0n) is 21.1. The number of aromatic nitrogens is 1. The first-order valence-electron chi connectivity index (χ1n) is 11.9. The van der Waals surface area contributed by atoms with E-state index < -0.39 is 42.0 Å². The van der Waals surface area contributed by atoms with Crippen molar-refractivity contribution in [2.75, 3.05) is 18.9 Å². The molecule has 1 atom stereocenters. The number of nitrogens with zero attached hydrogens (tertiary/aromatic N) is 2. The second kappa shape index (κ2) is 11.1. The van der Waals surface area contributed by atoms with Crippen LogP contribution in [0.4, 0.5) is 27.8 Å². The van der Waals surface area contributed by atoms with E-state index in [1.54, 1.807) is 0 Å². The van der Waals surface area contributed by atoms with Gasteiger partial charge in [0.2, 0.25) is 5.71 Å². The number of nitriles is 1. The molecule has 40 heavy (non-hydrogen) atoms. The third kappa shape index (κ3) is 5.93. The van der Waals surface area contributed by atoms with E-state index in [9.17, 15) is 31.5 Å². The van der Waals surface area contributed by atoms with Crippen LogP contribution in [0.15, 0.2) is 52.9 Å². The van der Waals surface area contributed by atoms with Crippen molar-refractivity contribution in [1.82, 2.24) is 10.3 Å². The van der Waals surface area contributed by atoms with E-state index in [1.165, 1.54) is 38.2 Å². The lowest BCUT2D eigenvalue weighted by molar-refractivity contribution is -0.115. The monoisotopic (exact) mass is 556 g/mol. The Kier molecular flexibility index (Phi) is 7.86. The van der Waals surface area contributed by atoms with Gasteiger partial charge in [-0.2, -0.15) is 23.4 Å². The second-order valence-electron chi connectivity index (χ2n) is 8.95. The van der Waals surface area contributed by atoms with Gasteiger partial charge in [-0.1, -0.05) is 6.07 Å². The number of hydrogen-bond donors (Lipinski definition) is 2. The fourth-order valence-electron chi connectivity index (χ4n) is 4.06. The number of carbonyl (C=O) groups excluding carboxylic acids is 2. The zero-order valence-corrected chi connectivity index (χ0v) is 21.1. The average molecular weight is 556 g/mol. The summed E-state index contributed by atoms with van der Waals surface area (Å²) in [5, 5.41) is 13.8. The topological polar surface area (TPSA) is 108 Å². The maximum absolute atomic E-state index is 14.6. The number of amides is 1. The largest absolute Gasteiger partial charge is 0.437 e. The normalized spacial score (nSPS) is 12.2. The number of alkyl halides is 3. The molecule has 2 heterocycles. The number of benzene rings is 2. The molecule has 1 amide bonds. The Morgan fingerprint density at radius 3 is 2.38 bits per heavy atom. The van der Waals surface area contributed by atoms with Crippen LogP contribution in [0.3, 0.4) is 0 Å². The summed E-state index contributed by atoms with van der Waals surface area (Å²) in [4.78, 5) is 29.8. The summed E-state index contributed by atoms with van der Waals surface area (Å²) in [5.41, 5.74) is -0.0940. The quantitative estimate of drug-likeness (QED) is 0.189. The van der Waals surface area contributed by atoms with Gasteiger partial charge in [-0.05, 0) is 55.0 Å². The molecule has 2 N–H and O–H groups in total. The molecule has 0 aliphatic carbocycles. The second-order valence-corrected chi connectivity index (χ2v) is 8.95. The Balaban J connectivity index is 1.96. The molecule has 0 bridgehead atoms. The highest BCUT2D eigenvalue weighted by Crippen LogP contribution is 2.38. The fraction of sp³-hybridized carbons (Fsp3) is 0.214. The van der Waals surface area contributed by atoms with Crippen LogP contribution in [-0.2, 0) is 0 Å². The van der Waals surface area contributed by atoms with E-state index in [4.69, 9.17) is 9.68 Å². The summed E-state index contributed by atoms with van der Waals surface area (Å²) >= 11 is 0. The number of furan rings is 1. The van der Waals surface area contributed by atoms with Gasteiger partial charge in [0.1, 0.15) is 29.8 Å². The molecular weight excluding hydrogens is 535 g/mol. The summed E-state index contributed by atoms with van der Waals surface area (Å²) in [6.07, 6.45) is -4.89. The molecule has 4 rings (SSSR count). The summed E-state index contributed by atoms with van der Waals surface area (Å²) < 4.78 is 73.3. The molecule has 0 spiro atoms. The van der Waals surface area contributed by atoms with Crippen molar-refractivity contribution in [1.29, 1.82) is 5.26 Å². The average Bonchev–Trinajstić information content (AvgIpc) is 3.29. The molecule has 0 saturated carbocycles. The molecule has 0 radical (unpaired) electrons. The van der Waals surface area contributed by atoms with Crippen molar-refractivity contribution < 1.29 is 36.0 Å². The van der Waals surface area contributed by atoms with E-state index >= 15 is 0 Å². The highest BCUT2D eigenvalue weighted by atomic mass is 19.4. The van der Waals surface area contributed by atoms with Crippen LogP contribution in [0.5, 0.6) is 0 Å². The smallest absolute Gasteiger partial charge is 0.405 e. The number of Topliss-reactive ketones (excluding diaryl/α,β-unsaturated/α-hetero) is 1. The molecule has 0 fully saturated rings. The van der Waals surface area contributed by atoms with Crippen LogP contribution in [0.2, 0.25) is 0 Å². The van der Waals surface area contributed by atoms with E-state index in [1.807, 2.05) is 6.07 Å². The molecule has 7 nitrogen and oxygen atoms in total. The Bertz CT molecular complexity index is 1640. The van der Waals surface area contributed by atoms with Gasteiger partial charge in [0.05, 0.1) is 28.5 Å². The predicted octanol–water partition coefficient (Wildman–Crippen LogP) is 6.51. The number of hydrogen-bond acceptors (Lipinski definition) is 6. The minimum atomic E-state index is -4.62. The van der Waals surface area contributed by atoms with Crippen LogP contribution >= 0.6 is 0 Å². The SMILES string of the molecule is CNC(=O)c1c(-c2ccc(F)cc2)oc2nc(NCC(F)(F)F)c(-c3ccc(F)c(C(=O)CC(C)C#N)c3)cc12. The zero-order chi connectivity index (χ0) is 29.2. The fourth-order valence-corrected chi connectivity index (χ4v) is 4.06. The Morgan fingerprint density at radius 2 is 1.75 bits per heavy atom. The van der Waals surface area contributed by atoms with E-state index in [0.29, 0.717) is 5.56 Å². The number of carbonyl (C=O) groups is 2. The minimum Gasteiger partial charge on any atom is -0.437 e. The van der Waals surface area contributed by atoms with Gasteiger partial charge in [0.25, 0.3) is 5.91 Å². The van der Waals surface area contributed by atoms with Gasteiger partial charge < -0.3 is 15.1 Å². The summed E-state index contributed by atoms with van der Waals surface area (Å²) in [6.45, 7) is 0.0214. The van der Waals surface area contributed by atoms with Crippen molar-refractivity contribution in [3.8, 4) is 28.5 Å². The number of nitrogens with one attached hydrogen (secondary N) is 2. The lowest BCUT2D eigenvalue weighted by atomic mass is 9.96. The molecular formula is C28H21F5N4O3. The third-order valence-electron chi connectivity index (χ3n) is 5.99. The lowest BCUT2D eigenvalue weighted by Crippen LogP contribution is -2.22. The van der Waals surface area contributed by atoms with Gasteiger partial charge in [-0.15, -0.1) is 0 Å². The number of ketones is 1. The molecule has 12 heteroatoms. The number of pyridine rings is 1. The maximum Gasteiger partial charge on any atom is 0.405 e. The van der Waals surface area contributed by atoms with Crippen molar-refractivity contribution in [3.63, 3.8) is 0 Å². The highest BCUT2D eigenvalue weighted by Gasteiger charge is 2.29. The van der Waals surface area contributed by atoms with Crippen LogP contribution in [0.1, 0.15) is 34.1 Å². The van der Waals surface area contributed by atoms with Gasteiger partial charge in [-0.25, -0.2) is 8.78 Å². The third-order valence-corrected chi connectivity index (χ3v) is 5.99. The molecule has 2 aromatic heterocycles. The van der Waals surface area contributed by atoms with E-state index in [0.717, 1.165) is 24.3 Å². The first kappa shape index (κ1) is 28.2. The lowest BCUT2D eigenvalue weighted by Gasteiger charge is -2.14. The van der Waals surface area contributed by atoms with Gasteiger partial charge in [-0.3, -0.25) is 9.59 Å². The van der Waals surface area contributed by atoms with Crippen molar-refractivity contribution >= 4 is 28.6 Å². The van der Waals surface area contributed by atoms with E-state index in [-0.39, 0.29) is 51.4 Å². The first-order valence-corrected chi connectivity index (χ1v) is 11.9. The number of rotatable bonds is 8. The molecule has 206 valence electrons. The molecule has 2 aromatic carbocycles. The first-order chi connectivity index (χ1) is 18.9. The molecule has 0 aliphatic heterocycles. The molecule has 1 unspecified atom stereocenters. The summed E-state index contributed by atoms with van der Waals surface area (Å²) in [6, 6.07) is 11.7. The molecule has 0 saturated heterocycles. The number of anilines is 1. The Labute approximate surface area is 224 Å². The standard InChI is InChI=1S/C28H21F5N4O3/c1-14(12-34)9-22(38)19-10-16(5-8-21(19)30)18-11-20-23(26(39)35-2)24(15-3-6-17(29)7-4-15)40-27(20)37-25(18)36-13-28(31,32)33/h3-8,10-11,14H,9,13H2,1-2H3,(H,35,39)(H,36,37). The Hall–Kier alpha value is -4.79. The number of fused-ring (bicyclic) bond motifs is 1. The van der Waals surface area contributed by atoms with Gasteiger partial charge >= 0.3 is 6.18 Å². The van der Waals surface area contributed by atoms with Crippen LogP contribution in [0, 0.1) is 28.9 Å². The molecule has 4 aromatic rings. The maximum atomic E-state index is 14.6. The van der Waals surface area contributed by atoms with Gasteiger partial charge in [0.15, 0.2) is 5.78 Å². The van der Waals surface area contributed by atoms with E-state index in [2.05, 4.69) is 15.6 Å². The van der Waals surface area contributed by atoms with Crippen molar-refractivity contribution in [2.45, 2.75) is 19.5 Å². The Morgan fingerprint density at radius 1 is 1.07 bits per heavy atom. The van der Waals surface area contributed by atoms with Crippen molar-refractivity contribution in [2.24, 2.45) is 5.92 Å². The summed E-state index contributed by atoms with van der Waals surface area (Å²) in [5.74, 6) is -3.67. The molecule has 0 aliphatic rings. The van der Waals surface area contributed by atoms with Gasteiger partial charge in [0, 0.05) is 24.6 Å². The van der Waals surface area contributed by atoms with Crippen LogP contribution in [-0.4, -0.2) is 36.4 Å². The van der Waals surface area contributed by atoms with Crippen LogP contribution in [0.25, 0.3) is 33.6 Å². The van der Waals surface area contributed by atoms with Crippen molar-refractivity contribution in [3.05, 3.63) is 71.3 Å². The highest BCUT2D eigenvalue weighted by molar-refractivity contribution is 6.11. The predicted molar refractivity (Wildman–Crippen MR) is 136 cm³/mol.